The van der Waals surface area contributed by atoms with Crippen molar-refractivity contribution in [1.82, 2.24) is 19.4 Å². The van der Waals surface area contributed by atoms with Gasteiger partial charge in [0.05, 0.1) is 28.4 Å². The fourth-order valence-electron chi connectivity index (χ4n) is 5.98. The van der Waals surface area contributed by atoms with Crippen LogP contribution in [0.5, 0.6) is 0 Å². The van der Waals surface area contributed by atoms with Crippen LogP contribution in [0.4, 0.5) is 11.6 Å². The van der Waals surface area contributed by atoms with E-state index in [4.69, 9.17) is 4.74 Å². The number of esters is 1. The summed E-state index contributed by atoms with van der Waals surface area (Å²) in [6.45, 7) is 10.9. The lowest BCUT2D eigenvalue weighted by Gasteiger charge is -2.34. The third-order valence-corrected chi connectivity index (χ3v) is 8.30. The Morgan fingerprint density at radius 2 is 1.86 bits per heavy atom. The van der Waals surface area contributed by atoms with Gasteiger partial charge in [0.25, 0.3) is 5.69 Å². The number of imidazole rings is 1. The first-order valence-corrected chi connectivity index (χ1v) is 14.9. The van der Waals surface area contributed by atoms with Gasteiger partial charge in [-0.3, -0.25) is 19.9 Å². The largest absolute Gasteiger partial charge is 0.453 e. The normalized spacial score (nSPS) is 18.0. The smallest absolute Gasteiger partial charge is 0.338 e. The molecule has 2 aliphatic rings. The van der Waals surface area contributed by atoms with Gasteiger partial charge in [0.2, 0.25) is 5.95 Å². The zero-order valence-corrected chi connectivity index (χ0v) is 24.7. The highest BCUT2D eigenvalue weighted by atomic mass is 16.6. The average molecular weight is 573 g/mol. The number of ether oxygens (including phenoxy) is 1. The van der Waals surface area contributed by atoms with Crippen molar-refractivity contribution in [1.29, 1.82) is 0 Å². The molecule has 2 unspecified atom stereocenters. The van der Waals surface area contributed by atoms with E-state index in [0.717, 1.165) is 50.3 Å². The molecule has 10 nitrogen and oxygen atoms in total. The summed E-state index contributed by atoms with van der Waals surface area (Å²) in [4.78, 5) is 34.9. The van der Waals surface area contributed by atoms with Crippen molar-refractivity contribution >= 4 is 17.6 Å². The number of anilines is 1. The van der Waals surface area contributed by atoms with E-state index in [1.165, 1.54) is 12.5 Å². The molecule has 42 heavy (non-hydrogen) atoms. The molecule has 1 N–H and O–H groups in total. The molecule has 1 aromatic heterocycles. The Balaban J connectivity index is 1.55. The van der Waals surface area contributed by atoms with Crippen molar-refractivity contribution in [3.8, 4) is 0 Å². The number of rotatable bonds is 11. The van der Waals surface area contributed by atoms with E-state index in [0.29, 0.717) is 35.9 Å². The Hall–Kier alpha value is -4.02. The zero-order chi connectivity index (χ0) is 29.6. The minimum Gasteiger partial charge on any atom is -0.453 e. The number of carbonyl (C=O) groups excluding carboxylic acids is 1. The van der Waals surface area contributed by atoms with Crippen LogP contribution in [0.2, 0.25) is 0 Å². The van der Waals surface area contributed by atoms with Crippen molar-refractivity contribution in [2.24, 2.45) is 0 Å². The molecule has 2 atom stereocenters. The lowest BCUT2D eigenvalue weighted by atomic mass is 9.94. The molecule has 0 saturated carbocycles. The monoisotopic (exact) mass is 572 g/mol. The number of hydrogen-bond acceptors (Lipinski definition) is 8. The topological polar surface area (TPSA) is 106 Å². The summed E-state index contributed by atoms with van der Waals surface area (Å²) < 4.78 is 8.37. The highest BCUT2D eigenvalue weighted by Crippen LogP contribution is 2.39. The second-order valence-electron chi connectivity index (χ2n) is 11.0. The molecule has 2 aromatic carbocycles. The third kappa shape index (κ3) is 6.39. The molecule has 0 spiro atoms. The van der Waals surface area contributed by atoms with Gasteiger partial charge in [-0.05, 0) is 57.1 Å². The van der Waals surface area contributed by atoms with Gasteiger partial charge in [0, 0.05) is 30.9 Å². The maximum Gasteiger partial charge on any atom is 0.338 e. The SMILES string of the molecule is CCN(CC)Cc1cnc2n1C(c1cccc([N+](=O)[O-])c1)C(C(=O)OC(CN1CCCCC1)c1ccccc1)=C(C)N2. The van der Waals surface area contributed by atoms with Crippen LogP contribution in [-0.4, -0.2) is 63.0 Å². The standard InChI is InChI=1S/C32H40N6O4/c1-4-35(5-2)21-27-20-33-32-34-23(3)29(30(37(27)32)25-15-12-16-26(19-25)38(40)41)31(39)42-28(24-13-8-6-9-14-24)22-36-17-10-7-11-18-36/h6,8-9,12-16,19-20,28,30H,4-5,7,10-11,17-18,21-22H2,1-3H3,(H,33,34). The molecule has 0 bridgehead atoms. The highest BCUT2D eigenvalue weighted by Gasteiger charge is 2.37. The Kier molecular flexibility index (Phi) is 9.34. The first-order chi connectivity index (χ1) is 20.4. The molecule has 0 amide bonds. The van der Waals surface area contributed by atoms with Gasteiger partial charge >= 0.3 is 5.97 Å². The summed E-state index contributed by atoms with van der Waals surface area (Å²) in [5.74, 6) is 0.145. The van der Waals surface area contributed by atoms with E-state index in [9.17, 15) is 14.9 Å². The lowest BCUT2D eigenvalue weighted by molar-refractivity contribution is -0.384. The van der Waals surface area contributed by atoms with Crippen LogP contribution in [0.1, 0.15) is 69.0 Å². The van der Waals surface area contributed by atoms with Gasteiger partial charge in [-0.1, -0.05) is 62.7 Å². The molecule has 1 saturated heterocycles. The van der Waals surface area contributed by atoms with Crippen molar-refractivity contribution in [2.45, 2.75) is 58.7 Å². The number of nitrogens with one attached hydrogen (secondary N) is 1. The summed E-state index contributed by atoms with van der Waals surface area (Å²) in [7, 11) is 0. The number of likely N-dealkylation sites (tertiary alicyclic amines) is 1. The van der Waals surface area contributed by atoms with Crippen molar-refractivity contribution < 1.29 is 14.5 Å². The molecule has 0 aliphatic carbocycles. The number of carbonyl (C=O) groups is 1. The molecule has 0 radical (unpaired) electrons. The quantitative estimate of drug-likeness (QED) is 0.177. The number of fused-ring (bicyclic) bond motifs is 1. The molecular formula is C32H40N6O4. The van der Waals surface area contributed by atoms with Crippen LogP contribution >= 0.6 is 0 Å². The van der Waals surface area contributed by atoms with Crippen molar-refractivity contribution in [3.63, 3.8) is 0 Å². The summed E-state index contributed by atoms with van der Waals surface area (Å²) in [6, 6.07) is 15.7. The van der Waals surface area contributed by atoms with Crippen LogP contribution in [-0.2, 0) is 16.1 Å². The van der Waals surface area contributed by atoms with E-state index in [1.54, 1.807) is 12.1 Å². The fraction of sp³-hybridized carbons (Fsp3) is 0.438. The van der Waals surface area contributed by atoms with Crippen molar-refractivity contribution in [3.05, 3.63) is 99.0 Å². The number of nitro groups is 1. The number of hydrogen-bond donors (Lipinski definition) is 1. The van der Waals surface area contributed by atoms with E-state index in [2.05, 4.69) is 33.9 Å². The Bertz CT molecular complexity index is 1430. The zero-order valence-electron chi connectivity index (χ0n) is 24.7. The first kappa shape index (κ1) is 29.5. The van der Waals surface area contributed by atoms with Crippen molar-refractivity contribution in [2.75, 3.05) is 38.0 Å². The summed E-state index contributed by atoms with van der Waals surface area (Å²) >= 11 is 0. The number of allylic oxidation sites excluding steroid dienone is 1. The minimum absolute atomic E-state index is 0.0318. The molecule has 10 heteroatoms. The number of piperidine rings is 1. The summed E-state index contributed by atoms with van der Waals surface area (Å²) in [6.07, 6.45) is 4.85. The van der Waals surface area contributed by atoms with Gasteiger partial charge in [0.1, 0.15) is 6.10 Å². The maximum atomic E-state index is 14.3. The van der Waals surface area contributed by atoms with Gasteiger partial charge < -0.3 is 14.6 Å². The number of aromatic nitrogens is 2. The second kappa shape index (κ2) is 13.3. The number of nitrogens with zero attached hydrogens (tertiary/aromatic N) is 5. The molecule has 5 rings (SSSR count). The number of nitro benzene ring substituents is 1. The highest BCUT2D eigenvalue weighted by molar-refractivity contribution is 5.92. The van der Waals surface area contributed by atoms with Gasteiger partial charge in [0.15, 0.2) is 0 Å². The van der Waals surface area contributed by atoms with Gasteiger partial charge in [-0.15, -0.1) is 0 Å². The predicted octanol–water partition coefficient (Wildman–Crippen LogP) is 5.69. The van der Waals surface area contributed by atoms with Crippen LogP contribution < -0.4 is 5.32 Å². The predicted molar refractivity (Wildman–Crippen MR) is 162 cm³/mol. The molecule has 2 aliphatic heterocycles. The summed E-state index contributed by atoms with van der Waals surface area (Å²) in [5, 5.41) is 15.1. The van der Waals surface area contributed by atoms with Crippen LogP contribution in [0.15, 0.2) is 72.1 Å². The molecule has 222 valence electrons. The van der Waals surface area contributed by atoms with E-state index in [1.807, 2.05) is 54.1 Å². The van der Waals surface area contributed by atoms with Crippen LogP contribution in [0.25, 0.3) is 0 Å². The fourth-order valence-corrected chi connectivity index (χ4v) is 5.98. The first-order valence-electron chi connectivity index (χ1n) is 14.9. The van der Waals surface area contributed by atoms with E-state index >= 15 is 0 Å². The molecule has 3 heterocycles. The second-order valence-corrected chi connectivity index (χ2v) is 11.0. The average Bonchev–Trinajstić information content (AvgIpc) is 3.41. The van der Waals surface area contributed by atoms with Gasteiger partial charge in [-0.25, -0.2) is 9.78 Å². The Labute approximate surface area is 247 Å². The summed E-state index contributed by atoms with van der Waals surface area (Å²) in [5.41, 5.74) is 3.48. The van der Waals surface area contributed by atoms with E-state index < -0.39 is 23.0 Å². The molecule has 1 fully saturated rings. The Morgan fingerprint density at radius 1 is 1.12 bits per heavy atom. The molecular weight excluding hydrogens is 532 g/mol. The van der Waals surface area contributed by atoms with Gasteiger partial charge in [-0.2, -0.15) is 0 Å². The van der Waals surface area contributed by atoms with Crippen LogP contribution in [0, 0.1) is 10.1 Å². The number of benzene rings is 2. The van der Waals surface area contributed by atoms with Crippen LogP contribution in [0.3, 0.4) is 0 Å². The lowest BCUT2D eigenvalue weighted by Crippen LogP contribution is -2.36. The molecule has 3 aromatic rings. The maximum absolute atomic E-state index is 14.3. The minimum atomic E-state index is -0.645. The number of non-ortho nitro benzene ring substituents is 1. The van der Waals surface area contributed by atoms with E-state index in [-0.39, 0.29) is 5.69 Å². The third-order valence-electron chi connectivity index (χ3n) is 8.30. The Morgan fingerprint density at radius 3 is 2.55 bits per heavy atom.